The van der Waals surface area contributed by atoms with Gasteiger partial charge >= 0.3 is 0 Å². The van der Waals surface area contributed by atoms with E-state index < -0.39 is 0 Å². The Morgan fingerprint density at radius 1 is 1.11 bits per heavy atom. The van der Waals surface area contributed by atoms with Crippen molar-refractivity contribution in [2.75, 3.05) is 0 Å². The Balaban J connectivity index is 2.09. The molecule has 0 spiro atoms. The highest BCUT2D eigenvalue weighted by Crippen LogP contribution is 2.30. The highest BCUT2D eigenvalue weighted by atomic mass is 79.9. The van der Waals surface area contributed by atoms with Crippen LogP contribution in [0.25, 0.3) is 0 Å². The molecule has 100 valence electrons. The van der Waals surface area contributed by atoms with Gasteiger partial charge in [-0.2, -0.15) is 0 Å². The molecule has 1 aliphatic rings. The van der Waals surface area contributed by atoms with Crippen LogP contribution in [0.2, 0.25) is 5.02 Å². The first-order valence-corrected chi connectivity index (χ1v) is 7.99. The average Bonchev–Trinajstić information content (AvgIpc) is 2.29. The predicted molar refractivity (Wildman–Crippen MR) is 82.1 cm³/mol. The van der Waals surface area contributed by atoms with Gasteiger partial charge in [-0.1, -0.05) is 65.7 Å². The number of hydrogen-bond donors (Lipinski definition) is 1. The lowest BCUT2D eigenvalue weighted by Gasteiger charge is -2.32. The number of halogens is 2. The predicted octanol–water partition coefficient (Wildman–Crippen LogP) is 5.09. The van der Waals surface area contributed by atoms with Crippen LogP contribution in [0.1, 0.15) is 50.5 Å². The van der Waals surface area contributed by atoms with Crippen molar-refractivity contribution in [2.45, 2.75) is 56.9 Å². The maximum absolute atomic E-state index is 6.60. The van der Waals surface area contributed by atoms with Crippen LogP contribution in [0.3, 0.4) is 0 Å². The lowest BCUT2D eigenvalue weighted by atomic mass is 9.80. The molecule has 0 amide bonds. The summed E-state index contributed by atoms with van der Waals surface area (Å²) in [7, 11) is 0. The highest BCUT2D eigenvalue weighted by molar-refractivity contribution is 9.10. The maximum Gasteiger partial charge on any atom is 0.0449 e. The molecule has 1 fully saturated rings. The quantitative estimate of drug-likeness (QED) is 0.803. The van der Waals surface area contributed by atoms with E-state index in [-0.39, 0.29) is 5.54 Å². The molecule has 0 heterocycles. The van der Waals surface area contributed by atoms with E-state index in [0.717, 1.165) is 28.8 Å². The molecule has 0 radical (unpaired) electrons. The molecule has 18 heavy (non-hydrogen) atoms. The van der Waals surface area contributed by atoms with Gasteiger partial charge in [0.2, 0.25) is 0 Å². The van der Waals surface area contributed by atoms with Gasteiger partial charge in [0.05, 0.1) is 0 Å². The van der Waals surface area contributed by atoms with Gasteiger partial charge in [0.1, 0.15) is 0 Å². The minimum Gasteiger partial charge on any atom is -0.325 e. The van der Waals surface area contributed by atoms with Crippen LogP contribution in [0.4, 0.5) is 0 Å². The SMILES string of the molecule is NC1(Cc2ccc(Br)cc2Cl)CCCCCCC1. The second kappa shape index (κ2) is 6.40. The molecule has 0 saturated heterocycles. The minimum absolute atomic E-state index is 0.0576. The van der Waals surface area contributed by atoms with E-state index in [9.17, 15) is 0 Å². The molecule has 0 aliphatic heterocycles. The van der Waals surface area contributed by atoms with Crippen LogP contribution >= 0.6 is 27.5 Å². The van der Waals surface area contributed by atoms with Gasteiger partial charge in [-0.25, -0.2) is 0 Å². The Morgan fingerprint density at radius 2 is 1.72 bits per heavy atom. The van der Waals surface area contributed by atoms with Gasteiger partial charge < -0.3 is 5.73 Å². The molecule has 2 N–H and O–H groups in total. The zero-order chi connectivity index (χ0) is 13.0. The van der Waals surface area contributed by atoms with Crippen molar-refractivity contribution in [1.29, 1.82) is 0 Å². The van der Waals surface area contributed by atoms with Crippen molar-refractivity contribution in [3.8, 4) is 0 Å². The van der Waals surface area contributed by atoms with Crippen molar-refractivity contribution in [3.63, 3.8) is 0 Å². The summed E-state index contributed by atoms with van der Waals surface area (Å²) in [5, 5.41) is 0.830. The fourth-order valence-electron chi connectivity index (χ4n) is 2.83. The molecule has 3 heteroatoms. The van der Waals surface area contributed by atoms with Crippen LogP contribution in [-0.4, -0.2) is 5.54 Å². The first-order valence-electron chi connectivity index (χ1n) is 6.82. The van der Waals surface area contributed by atoms with Crippen molar-refractivity contribution in [2.24, 2.45) is 5.73 Å². The van der Waals surface area contributed by atoms with E-state index >= 15 is 0 Å². The molecule has 1 nitrogen and oxygen atoms in total. The molecular weight excluding hydrogens is 310 g/mol. The maximum atomic E-state index is 6.60. The first kappa shape index (κ1) is 14.4. The fraction of sp³-hybridized carbons (Fsp3) is 0.600. The molecule has 1 saturated carbocycles. The lowest BCUT2D eigenvalue weighted by Crippen LogP contribution is -2.42. The third-order valence-electron chi connectivity index (χ3n) is 3.91. The van der Waals surface area contributed by atoms with Crippen LogP contribution in [0, 0.1) is 0 Å². The summed E-state index contributed by atoms with van der Waals surface area (Å²) in [6, 6.07) is 6.11. The summed E-state index contributed by atoms with van der Waals surface area (Å²) in [4.78, 5) is 0. The molecule has 1 aromatic rings. The largest absolute Gasteiger partial charge is 0.325 e. The van der Waals surface area contributed by atoms with Crippen molar-refractivity contribution >= 4 is 27.5 Å². The van der Waals surface area contributed by atoms with Gasteiger partial charge in [-0.05, 0) is 37.0 Å². The van der Waals surface area contributed by atoms with Crippen LogP contribution < -0.4 is 5.73 Å². The van der Waals surface area contributed by atoms with Crippen LogP contribution in [-0.2, 0) is 6.42 Å². The molecule has 0 unspecified atom stereocenters. The van der Waals surface area contributed by atoms with E-state index in [1.807, 2.05) is 12.1 Å². The standard InChI is InChI=1S/C15H21BrClN/c16-13-7-6-12(14(17)10-13)11-15(18)8-4-2-1-3-5-9-15/h6-7,10H,1-5,8-9,11,18H2. The molecule has 0 bridgehead atoms. The normalized spacial score (nSPS) is 20.2. The topological polar surface area (TPSA) is 26.0 Å². The Morgan fingerprint density at radius 3 is 2.33 bits per heavy atom. The fourth-order valence-corrected chi connectivity index (χ4v) is 3.57. The monoisotopic (exact) mass is 329 g/mol. The van der Waals surface area contributed by atoms with E-state index in [1.165, 1.54) is 37.7 Å². The molecule has 1 aromatic carbocycles. The Labute approximate surface area is 123 Å². The van der Waals surface area contributed by atoms with Gasteiger partial charge in [-0.3, -0.25) is 0 Å². The zero-order valence-corrected chi connectivity index (χ0v) is 13.1. The molecular formula is C15H21BrClN. The van der Waals surface area contributed by atoms with Crippen molar-refractivity contribution < 1.29 is 0 Å². The average molecular weight is 331 g/mol. The van der Waals surface area contributed by atoms with Crippen LogP contribution in [0.5, 0.6) is 0 Å². The van der Waals surface area contributed by atoms with E-state index in [1.54, 1.807) is 0 Å². The molecule has 1 aliphatic carbocycles. The zero-order valence-electron chi connectivity index (χ0n) is 10.7. The summed E-state index contributed by atoms with van der Waals surface area (Å²) in [6.45, 7) is 0. The summed E-state index contributed by atoms with van der Waals surface area (Å²) >= 11 is 9.74. The second-order valence-corrected chi connectivity index (χ2v) is 6.87. The van der Waals surface area contributed by atoms with E-state index in [0.29, 0.717) is 0 Å². The Hall–Kier alpha value is -0.0500. The summed E-state index contributed by atoms with van der Waals surface area (Å²) in [5.74, 6) is 0. The summed E-state index contributed by atoms with van der Waals surface area (Å²) in [6.07, 6.45) is 9.68. The number of benzene rings is 1. The van der Waals surface area contributed by atoms with Crippen LogP contribution in [0.15, 0.2) is 22.7 Å². The number of hydrogen-bond acceptors (Lipinski definition) is 1. The highest BCUT2D eigenvalue weighted by Gasteiger charge is 2.26. The minimum atomic E-state index is -0.0576. The van der Waals surface area contributed by atoms with Crippen molar-refractivity contribution in [1.82, 2.24) is 0 Å². The van der Waals surface area contributed by atoms with Gasteiger partial charge in [0.15, 0.2) is 0 Å². The third-order valence-corrected chi connectivity index (χ3v) is 4.75. The Bertz CT molecular complexity index is 397. The third kappa shape index (κ3) is 3.97. The second-order valence-electron chi connectivity index (χ2n) is 5.54. The first-order chi connectivity index (χ1) is 8.59. The number of rotatable bonds is 2. The Kier molecular flexibility index (Phi) is 5.11. The van der Waals surface area contributed by atoms with Gasteiger partial charge in [-0.15, -0.1) is 0 Å². The summed E-state index contributed by atoms with van der Waals surface area (Å²) in [5.41, 5.74) is 7.72. The molecule has 0 atom stereocenters. The lowest BCUT2D eigenvalue weighted by molar-refractivity contribution is 0.314. The molecule has 2 rings (SSSR count). The van der Waals surface area contributed by atoms with E-state index in [4.69, 9.17) is 17.3 Å². The smallest absolute Gasteiger partial charge is 0.0449 e. The van der Waals surface area contributed by atoms with Gasteiger partial charge in [0.25, 0.3) is 0 Å². The van der Waals surface area contributed by atoms with Crippen molar-refractivity contribution in [3.05, 3.63) is 33.3 Å². The molecule has 0 aromatic heterocycles. The summed E-state index contributed by atoms with van der Waals surface area (Å²) < 4.78 is 1.03. The van der Waals surface area contributed by atoms with E-state index in [2.05, 4.69) is 22.0 Å². The number of nitrogens with two attached hydrogens (primary N) is 1. The van der Waals surface area contributed by atoms with Gasteiger partial charge in [0, 0.05) is 15.0 Å².